The number of pyridine rings is 2. The SMILES string of the molecule is C=CC=C.c1ccc2c(c1)cc(-c1nc(-c3ccc(-c4ccncc4)cc3)cc(-c3ccc(-c4ccncc4)cc3)n1)c1ccccc12. The highest BCUT2D eigenvalue weighted by molar-refractivity contribution is 6.13. The van der Waals surface area contributed by atoms with Crippen LogP contribution in [0.4, 0.5) is 0 Å². The predicted molar refractivity (Wildman–Crippen MR) is 200 cm³/mol. The van der Waals surface area contributed by atoms with Gasteiger partial charge in [-0.1, -0.05) is 122 Å². The van der Waals surface area contributed by atoms with Crippen LogP contribution in [0, 0.1) is 0 Å². The van der Waals surface area contributed by atoms with E-state index in [1.54, 1.807) is 12.2 Å². The Bertz CT molecular complexity index is 2240. The van der Waals surface area contributed by atoms with Gasteiger partial charge in [-0.15, -0.1) is 0 Å². The Hall–Kier alpha value is -6.52. The van der Waals surface area contributed by atoms with Gasteiger partial charge >= 0.3 is 0 Å². The first-order chi connectivity index (χ1) is 23.7. The maximum absolute atomic E-state index is 5.20. The zero-order valence-corrected chi connectivity index (χ0v) is 26.4. The molecule has 0 saturated carbocycles. The van der Waals surface area contributed by atoms with Gasteiger partial charge in [-0.3, -0.25) is 9.97 Å². The maximum Gasteiger partial charge on any atom is 0.161 e. The zero-order chi connectivity index (χ0) is 32.7. The second-order valence-corrected chi connectivity index (χ2v) is 11.3. The number of hydrogen-bond donors (Lipinski definition) is 0. The fourth-order valence-electron chi connectivity index (χ4n) is 5.86. The van der Waals surface area contributed by atoms with Gasteiger partial charge in [0.25, 0.3) is 0 Å². The molecule has 0 unspecified atom stereocenters. The molecule has 5 aromatic carbocycles. The zero-order valence-electron chi connectivity index (χ0n) is 26.4. The van der Waals surface area contributed by atoms with Crippen LogP contribution in [-0.2, 0) is 0 Å². The fraction of sp³-hybridized carbons (Fsp3) is 0. The molecule has 4 nitrogen and oxygen atoms in total. The molecular weight excluding hydrogens is 585 g/mol. The first-order valence-electron chi connectivity index (χ1n) is 15.8. The third-order valence-electron chi connectivity index (χ3n) is 8.29. The fourth-order valence-corrected chi connectivity index (χ4v) is 5.86. The molecule has 0 radical (unpaired) electrons. The highest BCUT2D eigenvalue weighted by atomic mass is 14.9. The molecule has 0 fully saturated rings. The van der Waals surface area contributed by atoms with Crippen molar-refractivity contribution in [2.24, 2.45) is 0 Å². The van der Waals surface area contributed by atoms with Gasteiger partial charge in [-0.05, 0) is 80.2 Å². The van der Waals surface area contributed by atoms with Crippen molar-refractivity contribution in [1.82, 2.24) is 19.9 Å². The minimum atomic E-state index is 0.705. The van der Waals surface area contributed by atoms with Crippen molar-refractivity contribution in [3.8, 4) is 56.2 Å². The van der Waals surface area contributed by atoms with Crippen molar-refractivity contribution < 1.29 is 0 Å². The number of rotatable bonds is 6. The summed E-state index contributed by atoms with van der Waals surface area (Å²) in [5.74, 6) is 0.705. The summed E-state index contributed by atoms with van der Waals surface area (Å²) in [5, 5.41) is 4.72. The molecule has 228 valence electrons. The third kappa shape index (κ3) is 6.28. The predicted octanol–water partition coefficient (Wildman–Crippen LogP) is 11.3. The van der Waals surface area contributed by atoms with E-state index in [0.717, 1.165) is 55.7 Å². The molecule has 4 heteroatoms. The summed E-state index contributed by atoms with van der Waals surface area (Å²) in [6.45, 7) is 6.72. The van der Waals surface area contributed by atoms with E-state index in [2.05, 4.69) is 132 Å². The summed E-state index contributed by atoms with van der Waals surface area (Å²) in [6, 6.07) is 46.6. The molecule has 0 atom stereocenters. The Morgan fingerprint density at radius 1 is 0.396 bits per heavy atom. The quantitative estimate of drug-likeness (QED) is 0.138. The Labute approximate surface area is 280 Å². The summed E-state index contributed by atoms with van der Waals surface area (Å²) in [5.41, 5.74) is 9.38. The second-order valence-electron chi connectivity index (χ2n) is 11.3. The molecule has 0 bridgehead atoms. The molecule has 0 aliphatic carbocycles. The Morgan fingerprint density at radius 2 is 0.812 bits per heavy atom. The monoisotopic (exact) mass is 616 g/mol. The molecular formula is C44H32N4. The number of fused-ring (bicyclic) bond motifs is 3. The van der Waals surface area contributed by atoms with Crippen molar-refractivity contribution in [1.29, 1.82) is 0 Å². The van der Waals surface area contributed by atoms with Crippen LogP contribution in [0.1, 0.15) is 0 Å². The number of benzene rings is 5. The molecule has 0 N–H and O–H groups in total. The van der Waals surface area contributed by atoms with Gasteiger partial charge in [0, 0.05) is 41.5 Å². The van der Waals surface area contributed by atoms with Crippen LogP contribution >= 0.6 is 0 Å². The Morgan fingerprint density at radius 3 is 1.31 bits per heavy atom. The van der Waals surface area contributed by atoms with Gasteiger partial charge in [-0.2, -0.15) is 0 Å². The summed E-state index contributed by atoms with van der Waals surface area (Å²) < 4.78 is 0. The summed E-state index contributed by atoms with van der Waals surface area (Å²) in [4.78, 5) is 18.7. The lowest BCUT2D eigenvalue weighted by Crippen LogP contribution is -1.97. The number of hydrogen-bond acceptors (Lipinski definition) is 4. The molecule has 0 aliphatic rings. The molecule has 3 heterocycles. The van der Waals surface area contributed by atoms with Crippen LogP contribution < -0.4 is 0 Å². The van der Waals surface area contributed by atoms with E-state index in [9.17, 15) is 0 Å². The molecule has 8 rings (SSSR count). The van der Waals surface area contributed by atoms with Crippen molar-refractivity contribution >= 4 is 21.5 Å². The minimum Gasteiger partial charge on any atom is -0.265 e. The summed E-state index contributed by atoms with van der Waals surface area (Å²) >= 11 is 0. The third-order valence-corrected chi connectivity index (χ3v) is 8.29. The number of allylic oxidation sites excluding steroid dienone is 2. The molecule has 0 spiro atoms. The van der Waals surface area contributed by atoms with Crippen LogP contribution in [0.3, 0.4) is 0 Å². The smallest absolute Gasteiger partial charge is 0.161 e. The minimum absolute atomic E-state index is 0.705. The van der Waals surface area contributed by atoms with Crippen LogP contribution in [0.25, 0.3) is 77.7 Å². The van der Waals surface area contributed by atoms with Gasteiger partial charge in [-0.25, -0.2) is 9.97 Å². The maximum atomic E-state index is 5.20. The van der Waals surface area contributed by atoms with E-state index >= 15 is 0 Å². The largest absolute Gasteiger partial charge is 0.265 e. The standard InChI is InChI=1S/C40H26N4.C4H6/c1-2-6-34-33(5-1)25-37(36-8-4-3-7-35(34)36)40-43-38(31-13-9-27(10-14-31)29-17-21-41-22-18-29)26-39(44-40)32-15-11-28(12-16-32)30-19-23-42-24-20-30;1-3-4-2/h1-26H;3-4H,1-2H2. The van der Waals surface area contributed by atoms with Crippen molar-refractivity contribution in [2.75, 3.05) is 0 Å². The van der Waals surface area contributed by atoms with E-state index in [4.69, 9.17) is 9.97 Å². The molecule has 0 aliphatic heterocycles. The van der Waals surface area contributed by atoms with E-state index < -0.39 is 0 Å². The van der Waals surface area contributed by atoms with Crippen molar-refractivity contribution in [3.63, 3.8) is 0 Å². The lowest BCUT2D eigenvalue weighted by Gasteiger charge is -2.13. The average molecular weight is 617 g/mol. The Kier molecular flexibility index (Phi) is 8.70. The first kappa shape index (κ1) is 30.2. The van der Waals surface area contributed by atoms with Gasteiger partial charge in [0.2, 0.25) is 0 Å². The normalized spacial score (nSPS) is 10.7. The van der Waals surface area contributed by atoms with E-state index in [0.29, 0.717) is 5.82 Å². The van der Waals surface area contributed by atoms with E-state index in [1.165, 1.54) is 16.2 Å². The van der Waals surface area contributed by atoms with Gasteiger partial charge in [0.1, 0.15) is 0 Å². The summed E-state index contributed by atoms with van der Waals surface area (Å²) in [6.07, 6.45) is 10.6. The topological polar surface area (TPSA) is 51.6 Å². The lowest BCUT2D eigenvalue weighted by atomic mass is 9.96. The van der Waals surface area contributed by atoms with Crippen molar-refractivity contribution in [2.45, 2.75) is 0 Å². The molecule has 0 saturated heterocycles. The van der Waals surface area contributed by atoms with Crippen LogP contribution in [0.15, 0.2) is 184 Å². The second kappa shape index (κ2) is 13.9. The van der Waals surface area contributed by atoms with Crippen molar-refractivity contribution in [3.05, 3.63) is 184 Å². The van der Waals surface area contributed by atoms with E-state index in [-0.39, 0.29) is 0 Å². The van der Waals surface area contributed by atoms with Gasteiger partial charge < -0.3 is 0 Å². The number of aromatic nitrogens is 4. The van der Waals surface area contributed by atoms with Gasteiger partial charge in [0.05, 0.1) is 11.4 Å². The summed E-state index contributed by atoms with van der Waals surface area (Å²) in [7, 11) is 0. The van der Waals surface area contributed by atoms with Crippen LogP contribution in [-0.4, -0.2) is 19.9 Å². The van der Waals surface area contributed by atoms with Gasteiger partial charge in [0.15, 0.2) is 5.82 Å². The molecule has 8 aromatic rings. The van der Waals surface area contributed by atoms with Crippen LogP contribution in [0.5, 0.6) is 0 Å². The molecule has 0 amide bonds. The average Bonchev–Trinajstić information content (AvgIpc) is 3.18. The number of nitrogens with zero attached hydrogens (tertiary/aromatic N) is 4. The highest BCUT2D eigenvalue weighted by Crippen LogP contribution is 2.36. The van der Waals surface area contributed by atoms with Crippen LogP contribution in [0.2, 0.25) is 0 Å². The molecule has 48 heavy (non-hydrogen) atoms. The van der Waals surface area contributed by atoms with E-state index in [1.807, 2.05) is 49.1 Å². The highest BCUT2D eigenvalue weighted by Gasteiger charge is 2.15. The first-order valence-corrected chi connectivity index (χ1v) is 15.8. The molecule has 3 aromatic heterocycles. The lowest BCUT2D eigenvalue weighted by molar-refractivity contribution is 1.19. The Balaban J connectivity index is 0.000000865.